The van der Waals surface area contributed by atoms with E-state index in [1.165, 1.54) is 11.8 Å². The number of hydrogen-bond acceptors (Lipinski definition) is 9. The summed E-state index contributed by atoms with van der Waals surface area (Å²) in [5, 5.41) is 42.2. The molecule has 0 spiro atoms. The second-order valence-corrected chi connectivity index (χ2v) is 7.61. The van der Waals surface area contributed by atoms with Crippen LogP contribution in [0.5, 0.6) is 0 Å². The van der Waals surface area contributed by atoms with Crippen LogP contribution < -0.4 is 21.7 Å². The molecule has 0 aliphatic rings. The molecule has 0 aromatic carbocycles. The quantitative estimate of drug-likeness (QED) is 0.110. The molecule has 32 heavy (non-hydrogen) atoms. The van der Waals surface area contributed by atoms with E-state index in [1.807, 2.05) is 5.32 Å². The van der Waals surface area contributed by atoms with Crippen LogP contribution in [0.2, 0.25) is 0 Å². The van der Waals surface area contributed by atoms with Crippen molar-refractivity contribution in [3.63, 3.8) is 0 Å². The standard InChI is InChI=1S/C17H28N4O10S/c1-32-5-4-9(19-14(27)8(18)2-3-12(23)24)15(28)21-11(7-22)16(29)20-10(17(30)31)6-13(25)26/h8-11,22H,2-7,18H2,1H3,(H,19,27)(H,20,29)(H,21,28)(H,23,24)(H,25,26)(H,30,31). The molecule has 4 unspecified atom stereocenters. The molecule has 0 bridgehead atoms. The van der Waals surface area contributed by atoms with E-state index in [2.05, 4.69) is 10.6 Å². The monoisotopic (exact) mass is 480 g/mol. The Morgan fingerprint density at radius 1 is 0.812 bits per heavy atom. The third-order valence-electron chi connectivity index (χ3n) is 4.06. The van der Waals surface area contributed by atoms with E-state index < -0.39 is 72.8 Å². The highest BCUT2D eigenvalue weighted by Crippen LogP contribution is 2.04. The van der Waals surface area contributed by atoms with Crippen LogP contribution in [0, 0.1) is 0 Å². The number of carbonyl (C=O) groups excluding carboxylic acids is 3. The van der Waals surface area contributed by atoms with Crippen molar-refractivity contribution in [3.8, 4) is 0 Å². The van der Waals surface area contributed by atoms with Gasteiger partial charge < -0.3 is 42.1 Å². The van der Waals surface area contributed by atoms with Gasteiger partial charge in [-0.25, -0.2) is 4.79 Å². The molecule has 0 radical (unpaired) electrons. The molecule has 4 atom stereocenters. The molecular formula is C17H28N4O10S. The number of aliphatic hydroxyl groups excluding tert-OH is 1. The second kappa shape index (κ2) is 15.0. The number of amides is 3. The van der Waals surface area contributed by atoms with E-state index in [4.69, 9.17) is 21.1 Å². The van der Waals surface area contributed by atoms with E-state index >= 15 is 0 Å². The molecule has 0 fully saturated rings. The van der Waals surface area contributed by atoms with Crippen LogP contribution in [0.15, 0.2) is 0 Å². The highest BCUT2D eigenvalue weighted by molar-refractivity contribution is 7.98. The van der Waals surface area contributed by atoms with Gasteiger partial charge in [-0.3, -0.25) is 24.0 Å². The number of carbonyl (C=O) groups is 6. The lowest BCUT2D eigenvalue weighted by Crippen LogP contribution is -2.58. The van der Waals surface area contributed by atoms with Crippen LogP contribution in [-0.2, 0) is 28.8 Å². The first-order valence-corrected chi connectivity index (χ1v) is 10.7. The summed E-state index contributed by atoms with van der Waals surface area (Å²) in [7, 11) is 0. The highest BCUT2D eigenvalue weighted by atomic mass is 32.2. The van der Waals surface area contributed by atoms with Gasteiger partial charge in [0.2, 0.25) is 17.7 Å². The smallest absolute Gasteiger partial charge is 0.326 e. The molecule has 0 saturated carbocycles. The lowest BCUT2D eigenvalue weighted by molar-refractivity contribution is -0.147. The molecule has 0 rings (SSSR count). The fraction of sp³-hybridized carbons (Fsp3) is 0.647. The first kappa shape index (κ1) is 29.1. The highest BCUT2D eigenvalue weighted by Gasteiger charge is 2.30. The van der Waals surface area contributed by atoms with Gasteiger partial charge in [0.25, 0.3) is 0 Å². The maximum atomic E-state index is 12.6. The maximum Gasteiger partial charge on any atom is 0.326 e. The van der Waals surface area contributed by atoms with E-state index in [-0.39, 0.29) is 19.3 Å². The van der Waals surface area contributed by atoms with Gasteiger partial charge in [0, 0.05) is 6.42 Å². The summed E-state index contributed by atoms with van der Waals surface area (Å²) in [5.74, 6) is -6.64. The average Bonchev–Trinajstić information content (AvgIpc) is 2.71. The molecule has 3 amide bonds. The van der Waals surface area contributed by atoms with Crippen LogP contribution in [0.25, 0.3) is 0 Å². The zero-order chi connectivity index (χ0) is 24.8. The molecule has 182 valence electrons. The number of rotatable bonds is 16. The number of nitrogens with two attached hydrogens (primary N) is 1. The molecule has 9 N–H and O–H groups in total. The summed E-state index contributed by atoms with van der Waals surface area (Å²) < 4.78 is 0. The molecule has 0 aliphatic carbocycles. The van der Waals surface area contributed by atoms with Crippen LogP contribution in [-0.4, -0.2) is 98.8 Å². The lowest BCUT2D eigenvalue weighted by Gasteiger charge is -2.24. The van der Waals surface area contributed by atoms with Crippen molar-refractivity contribution in [2.45, 2.75) is 49.9 Å². The predicted octanol–water partition coefficient (Wildman–Crippen LogP) is -3.06. The normalized spacial score (nSPS) is 14.3. The van der Waals surface area contributed by atoms with Gasteiger partial charge in [0.1, 0.15) is 18.1 Å². The minimum absolute atomic E-state index is 0.112. The zero-order valence-electron chi connectivity index (χ0n) is 17.3. The van der Waals surface area contributed by atoms with Crippen molar-refractivity contribution >= 4 is 47.4 Å². The summed E-state index contributed by atoms with van der Waals surface area (Å²) in [6.07, 6.45) is 0.409. The fourth-order valence-corrected chi connectivity index (χ4v) is 2.78. The predicted molar refractivity (Wildman–Crippen MR) is 111 cm³/mol. The van der Waals surface area contributed by atoms with Gasteiger partial charge in [-0.05, 0) is 24.9 Å². The number of carboxylic acids is 3. The third kappa shape index (κ3) is 11.5. The number of aliphatic hydroxyl groups is 1. The molecule has 0 aliphatic heterocycles. The average molecular weight is 480 g/mol. The first-order chi connectivity index (χ1) is 14.9. The van der Waals surface area contributed by atoms with Crippen molar-refractivity contribution in [1.82, 2.24) is 16.0 Å². The molecule has 0 saturated heterocycles. The maximum absolute atomic E-state index is 12.6. The molecular weight excluding hydrogens is 452 g/mol. The molecule has 14 nitrogen and oxygen atoms in total. The van der Waals surface area contributed by atoms with Gasteiger partial charge in [-0.2, -0.15) is 11.8 Å². The Balaban J connectivity index is 5.19. The Hall–Kier alpha value is -2.91. The Labute approximate surface area is 187 Å². The van der Waals surface area contributed by atoms with Crippen LogP contribution >= 0.6 is 11.8 Å². The molecule has 0 heterocycles. The van der Waals surface area contributed by atoms with E-state index in [9.17, 15) is 33.9 Å². The Bertz CT molecular complexity index is 705. The zero-order valence-corrected chi connectivity index (χ0v) is 18.1. The Kier molecular flexibility index (Phi) is 13.6. The van der Waals surface area contributed by atoms with Gasteiger partial charge in [-0.15, -0.1) is 0 Å². The van der Waals surface area contributed by atoms with Crippen LogP contribution in [0.4, 0.5) is 0 Å². The summed E-state index contributed by atoms with van der Waals surface area (Å²) in [6.45, 7) is -0.932. The van der Waals surface area contributed by atoms with E-state index in [1.54, 1.807) is 6.26 Å². The molecule has 15 heteroatoms. The second-order valence-electron chi connectivity index (χ2n) is 6.62. The Morgan fingerprint density at radius 2 is 1.34 bits per heavy atom. The van der Waals surface area contributed by atoms with Crippen molar-refractivity contribution in [3.05, 3.63) is 0 Å². The van der Waals surface area contributed by atoms with E-state index in [0.717, 1.165) is 0 Å². The SMILES string of the molecule is CSCCC(NC(=O)C(N)CCC(=O)O)C(=O)NC(CO)C(=O)NC(CC(=O)O)C(=O)O. The summed E-state index contributed by atoms with van der Waals surface area (Å²) >= 11 is 1.36. The van der Waals surface area contributed by atoms with Gasteiger partial charge in [0.05, 0.1) is 19.1 Å². The third-order valence-corrected chi connectivity index (χ3v) is 4.70. The van der Waals surface area contributed by atoms with Gasteiger partial charge in [0.15, 0.2) is 0 Å². The Morgan fingerprint density at radius 3 is 1.81 bits per heavy atom. The molecule has 0 aromatic heterocycles. The van der Waals surface area contributed by atoms with Crippen molar-refractivity contribution in [2.75, 3.05) is 18.6 Å². The number of nitrogens with one attached hydrogen (secondary N) is 3. The number of hydrogen-bond donors (Lipinski definition) is 8. The largest absolute Gasteiger partial charge is 0.481 e. The summed E-state index contributed by atoms with van der Waals surface area (Å²) in [5.41, 5.74) is 5.62. The minimum atomic E-state index is -1.79. The minimum Gasteiger partial charge on any atom is -0.481 e. The van der Waals surface area contributed by atoms with Gasteiger partial charge in [-0.1, -0.05) is 0 Å². The first-order valence-electron chi connectivity index (χ1n) is 9.35. The van der Waals surface area contributed by atoms with Crippen molar-refractivity contribution in [1.29, 1.82) is 0 Å². The summed E-state index contributed by atoms with van der Waals surface area (Å²) in [4.78, 5) is 69.4. The van der Waals surface area contributed by atoms with E-state index in [0.29, 0.717) is 5.75 Å². The van der Waals surface area contributed by atoms with Crippen LogP contribution in [0.3, 0.4) is 0 Å². The number of carboxylic acid groups (broad SMARTS) is 3. The van der Waals surface area contributed by atoms with Crippen LogP contribution in [0.1, 0.15) is 25.7 Å². The number of thioether (sulfide) groups is 1. The number of aliphatic carboxylic acids is 3. The summed E-state index contributed by atoms with van der Waals surface area (Å²) in [6, 6.07) is -5.78. The van der Waals surface area contributed by atoms with Gasteiger partial charge >= 0.3 is 17.9 Å². The fourth-order valence-electron chi connectivity index (χ4n) is 2.31. The molecule has 0 aromatic rings. The lowest BCUT2D eigenvalue weighted by atomic mass is 10.1. The van der Waals surface area contributed by atoms with Crippen molar-refractivity contribution in [2.24, 2.45) is 5.73 Å². The topological polar surface area (TPSA) is 245 Å². The van der Waals surface area contributed by atoms with Crippen molar-refractivity contribution < 1.29 is 49.2 Å².